The van der Waals surface area contributed by atoms with Crippen molar-refractivity contribution in [3.05, 3.63) is 24.0 Å². The molecule has 1 rings (SSSR count). The minimum atomic E-state index is 0.305. The van der Waals surface area contributed by atoms with E-state index in [-0.39, 0.29) is 0 Å². The average molecular weight is 182 g/mol. The summed E-state index contributed by atoms with van der Waals surface area (Å²) in [7, 11) is 1.59. The summed E-state index contributed by atoms with van der Waals surface area (Å²) in [5, 5.41) is 0. The van der Waals surface area contributed by atoms with Crippen LogP contribution < -0.4 is 4.74 Å². The molecule has 12 heavy (non-hydrogen) atoms. The predicted molar refractivity (Wildman–Crippen MR) is 48.4 cm³/mol. The van der Waals surface area contributed by atoms with Gasteiger partial charge in [0.15, 0.2) is 11.4 Å². The van der Waals surface area contributed by atoms with Crippen molar-refractivity contribution in [2.45, 2.75) is 0 Å². The Hall–Kier alpha value is -1.20. The van der Waals surface area contributed by atoms with Crippen LogP contribution in [0.5, 0.6) is 5.75 Å². The maximum absolute atomic E-state index is 5.40. The molecule has 62 valence electrons. The van der Waals surface area contributed by atoms with E-state index >= 15 is 0 Å². The van der Waals surface area contributed by atoms with E-state index in [1.807, 2.05) is 6.07 Å². The van der Waals surface area contributed by atoms with Gasteiger partial charge >= 0.3 is 0 Å². The third-order valence-corrected chi connectivity index (χ3v) is 1.40. The number of hydrogen-bond donors (Lipinski definition) is 0. The third-order valence-electron chi connectivity index (χ3n) is 1.26. The van der Waals surface area contributed by atoms with Crippen molar-refractivity contribution in [2.24, 2.45) is 0 Å². The Balaban J connectivity index is 2.97. The van der Waals surface area contributed by atoms with Crippen molar-refractivity contribution < 1.29 is 4.74 Å². The molecule has 0 aliphatic carbocycles. The maximum atomic E-state index is 5.40. The van der Waals surface area contributed by atoms with Gasteiger partial charge in [0, 0.05) is 6.20 Å². The van der Waals surface area contributed by atoms with Crippen molar-refractivity contribution in [1.29, 1.82) is 0 Å². The van der Waals surface area contributed by atoms with Crippen LogP contribution in [0.25, 0.3) is 0 Å². The Kier molecular flexibility index (Phi) is 3.43. The van der Waals surface area contributed by atoms with Crippen LogP contribution >= 0.6 is 11.6 Å². The lowest BCUT2D eigenvalue weighted by Crippen LogP contribution is -1.89. The molecule has 3 heteroatoms. The van der Waals surface area contributed by atoms with Crippen molar-refractivity contribution in [2.75, 3.05) is 13.0 Å². The summed E-state index contributed by atoms with van der Waals surface area (Å²) in [4.78, 5) is 4.03. The summed E-state index contributed by atoms with van der Waals surface area (Å²) in [5.74, 6) is 6.49. The second-order valence-electron chi connectivity index (χ2n) is 1.99. The van der Waals surface area contributed by atoms with Crippen molar-refractivity contribution in [1.82, 2.24) is 4.98 Å². The first-order valence-electron chi connectivity index (χ1n) is 3.42. The van der Waals surface area contributed by atoms with Gasteiger partial charge in [-0.25, -0.2) is 4.98 Å². The van der Waals surface area contributed by atoms with Gasteiger partial charge in [0.05, 0.1) is 13.0 Å². The van der Waals surface area contributed by atoms with E-state index in [1.165, 1.54) is 0 Å². The lowest BCUT2D eigenvalue weighted by Gasteiger charge is -1.99. The van der Waals surface area contributed by atoms with Gasteiger partial charge in [-0.3, -0.25) is 0 Å². The van der Waals surface area contributed by atoms with Gasteiger partial charge in [0.1, 0.15) is 0 Å². The quantitative estimate of drug-likeness (QED) is 0.486. The van der Waals surface area contributed by atoms with E-state index in [2.05, 4.69) is 16.8 Å². The highest BCUT2D eigenvalue weighted by molar-refractivity contribution is 6.19. The van der Waals surface area contributed by atoms with Crippen LogP contribution in [0, 0.1) is 11.8 Å². The monoisotopic (exact) mass is 181 g/mol. The molecule has 1 aromatic rings. The second kappa shape index (κ2) is 4.63. The smallest absolute Gasteiger partial charge is 0.155 e. The predicted octanol–water partition coefficient (Wildman–Crippen LogP) is 1.68. The summed E-state index contributed by atoms with van der Waals surface area (Å²) in [5.41, 5.74) is 0.626. The van der Waals surface area contributed by atoms with Gasteiger partial charge in [-0.2, -0.15) is 0 Å². The highest BCUT2D eigenvalue weighted by atomic mass is 35.5. The highest BCUT2D eigenvalue weighted by Gasteiger charge is 1.97. The Morgan fingerprint density at radius 3 is 3.17 bits per heavy atom. The average Bonchev–Trinajstić information content (AvgIpc) is 2.15. The number of rotatable bonds is 1. The fourth-order valence-corrected chi connectivity index (χ4v) is 0.833. The molecule has 0 N–H and O–H groups in total. The molecule has 0 aliphatic heterocycles. The molecule has 0 aliphatic rings. The zero-order chi connectivity index (χ0) is 8.81. The Morgan fingerprint density at radius 1 is 1.67 bits per heavy atom. The first-order valence-corrected chi connectivity index (χ1v) is 3.95. The van der Waals surface area contributed by atoms with E-state index in [0.29, 0.717) is 17.3 Å². The summed E-state index contributed by atoms with van der Waals surface area (Å²) >= 11 is 5.40. The summed E-state index contributed by atoms with van der Waals surface area (Å²) in [6.07, 6.45) is 1.67. The van der Waals surface area contributed by atoms with Crippen LogP contribution in [0.1, 0.15) is 5.69 Å². The normalized spacial score (nSPS) is 8.50. The minimum absolute atomic E-state index is 0.305. The number of methoxy groups -OCH3 is 1. The first-order chi connectivity index (χ1) is 5.88. The third kappa shape index (κ3) is 2.14. The van der Waals surface area contributed by atoms with Gasteiger partial charge in [-0.1, -0.05) is 5.92 Å². The summed E-state index contributed by atoms with van der Waals surface area (Å²) in [6, 6.07) is 3.61. The molecule has 0 atom stereocenters. The lowest BCUT2D eigenvalue weighted by atomic mass is 10.3. The maximum Gasteiger partial charge on any atom is 0.155 e. The zero-order valence-electron chi connectivity index (χ0n) is 6.67. The van der Waals surface area contributed by atoms with E-state index < -0.39 is 0 Å². The number of nitrogens with zero attached hydrogens (tertiary/aromatic N) is 1. The van der Waals surface area contributed by atoms with Crippen molar-refractivity contribution >= 4 is 11.6 Å². The molecule has 0 amide bonds. The molecule has 0 aromatic carbocycles. The molecule has 1 heterocycles. The first kappa shape index (κ1) is 8.89. The van der Waals surface area contributed by atoms with Crippen molar-refractivity contribution in [3.8, 4) is 17.6 Å². The van der Waals surface area contributed by atoms with E-state index in [1.54, 1.807) is 19.4 Å². The minimum Gasteiger partial charge on any atom is -0.494 e. The van der Waals surface area contributed by atoms with E-state index in [0.717, 1.165) is 0 Å². The fourth-order valence-electron chi connectivity index (χ4n) is 0.766. The Bertz CT molecular complexity index is 314. The number of alkyl halides is 1. The molecular weight excluding hydrogens is 174 g/mol. The SMILES string of the molecule is COc1cccnc1C#CCCl. The molecule has 0 saturated carbocycles. The molecule has 0 spiro atoms. The molecule has 0 unspecified atom stereocenters. The van der Waals surface area contributed by atoms with E-state index in [9.17, 15) is 0 Å². The van der Waals surface area contributed by atoms with Gasteiger partial charge in [0.2, 0.25) is 0 Å². The van der Waals surface area contributed by atoms with Gasteiger partial charge < -0.3 is 4.74 Å². The molecule has 1 aromatic heterocycles. The zero-order valence-corrected chi connectivity index (χ0v) is 7.43. The number of pyridine rings is 1. The van der Waals surface area contributed by atoms with Crippen LogP contribution in [0.2, 0.25) is 0 Å². The molecule has 0 saturated heterocycles. The standard InChI is InChI=1S/C9H8ClNO/c1-12-9-5-3-7-11-8(9)4-2-6-10/h3,5,7H,6H2,1H3. The number of ether oxygens (including phenoxy) is 1. The highest BCUT2D eigenvalue weighted by Crippen LogP contribution is 2.12. The fraction of sp³-hybridized carbons (Fsp3) is 0.222. The van der Waals surface area contributed by atoms with Crippen molar-refractivity contribution in [3.63, 3.8) is 0 Å². The Morgan fingerprint density at radius 2 is 2.50 bits per heavy atom. The van der Waals surface area contributed by atoms with Crippen LogP contribution in [0.3, 0.4) is 0 Å². The molecule has 0 radical (unpaired) electrons. The lowest BCUT2D eigenvalue weighted by molar-refractivity contribution is 0.411. The van der Waals surface area contributed by atoms with Gasteiger partial charge in [0.25, 0.3) is 0 Å². The van der Waals surface area contributed by atoms with Crippen LogP contribution in [0.15, 0.2) is 18.3 Å². The summed E-state index contributed by atoms with van der Waals surface area (Å²) < 4.78 is 5.03. The number of hydrogen-bond acceptors (Lipinski definition) is 2. The second-order valence-corrected chi connectivity index (χ2v) is 2.26. The number of aromatic nitrogens is 1. The van der Waals surface area contributed by atoms with E-state index in [4.69, 9.17) is 16.3 Å². The largest absolute Gasteiger partial charge is 0.494 e. The molecule has 0 bridgehead atoms. The molecular formula is C9H8ClNO. The molecule has 0 fully saturated rings. The molecule has 2 nitrogen and oxygen atoms in total. The summed E-state index contributed by atoms with van der Waals surface area (Å²) in [6.45, 7) is 0. The van der Waals surface area contributed by atoms with Gasteiger partial charge in [-0.05, 0) is 18.1 Å². The van der Waals surface area contributed by atoms with Gasteiger partial charge in [-0.15, -0.1) is 11.6 Å². The Labute approximate surface area is 76.5 Å². The topological polar surface area (TPSA) is 22.1 Å². The van der Waals surface area contributed by atoms with Crippen LogP contribution in [-0.4, -0.2) is 18.0 Å². The van der Waals surface area contributed by atoms with Crippen LogP contribution in [0.4, 0.5) is 0 Å². The van der Waals surface area contributed by atoms with Crippen LogP contribution in [-0.2, 0) is 0 Å². The number of halogens is 1.